The first kappa shape index (κ1) is 11.6. The molecule has 96 valence electrons. The Bertz CT molecular complexity index is 278. The first-order chi connectivity index (χ1) is 8.38. The molecular formula is C12H18O5. The molecule has 5 unspecified atom stereocenters. The molecule has 0 bridgehead atoms. The molecule has 5 nitrogen and oxygen atoms in total. The summed E-state index contributed by atoms with van der Waals surface area (Å²) >= 11 is 0. The summed E-state index contributed by atoms with van der Waals surface area (Å²) in [5.74, 6) is 0. The zero-order valence-corrected chi connectivity index (χ0v) is 9.75. The molecule has 0 aromatic rings. The molecule has 3 aliphatic rings. The lowest BCUT2D eigenvalue weighted by Crippen LogP contribution is -2.34. The Morgan fingerprint density at radius 2 is 1.65 bits per heavy atom. The molecule has 0 N–H and O–H groups in total. The number of epoxide rings is 1. The highest BCUT2D eigenvalue weighted by Crippen LogP contribution is 2.30. The van der Waals surface area contributed by atoms with Gasteiger partial charge in [-0.1, -0.05) is 6.08 Å². The molecule has 0 radical (unpaired) electrons. The summed E-state index contributed by atoms with van der Waals surface area (Å²) < 4.78 is 27.9. The van der Waals surface area contributed by atoms with Crippen molar-refractivity contribution >= 4 is 0 Å². The predicted octanol–water partition coefficient (Wildman–Crippen LogP) is 0.139. The largest absolute Gasteiger partial charge is 0.371 e. The van der Waals surface area contributed by atoms with Crippen LogP contribution in [0.3, 0.4) is 0 Å². The van der Waals surface area contributed by atoms with Crippen LogP contribution < -0.4 is 0 Å². The molecule has 0 spiro atoms. The highest BCUT2D eigenvalue weighted by atomic mass is 16.7. The van der Waals surface area contributed by atoms with E-state index in [9.17, 15) is 0 Å². The van der Waals surface area contributed by atoms with Crippen molar-refractivity contribution in [1.82, 2.24) is 0 Å². The summed E-state index contributed by atoms with van der Waals surface area (Å²) in [5, 5.41) is 0. The Labute approximate surface area is 101 Å². The molecule has 3 aliphatic heterocycles. The van der Waals surface area contributed by atoms with E-state index in [-0.39, 0.29) is 30.5 Å². The summed E-state index contributed by atoms with van der Waals surface area (Å²) in [7, 11) is 0. The first-order valence-corrected chi connectivity index (χ1v) is 6.07. The van der Waals surface area contributed by atoms with Gasteiger partial charge in [0.1, 0.15) is 30.5 Å². The smallest absolute Gasteiger partial charge is 0.115 e. The third-order valence-corrected chi connectivity index (χ3v) is 3.29. The van der Waals surface area contributed by atoms with Crippen LogP contribution in [0.5, 0.6) is 0 Å². The van der Waals surface area contributed by atoms with Crippen LogP contribution in [0.2, 0.25) is 0 Å². The second-order valence-corrected chi connectivity index (χ2v) is 4.58. The Morgan fingerprint density at radius 1 is 1.00 bits per heavy atom. The molecule has 3 saturated heterocycles. The molecule has 3 rings (SSSR count). The standard InChI is InChI=1S/C12H18O5/c1-2-3-13-9-6-16-12-10(7-17-11(9)12)15-5-8-4-14-8/h2,8-12H,1,3-7H2. The van der Waals surface area contributed by atoms with Crippen LogP contribution in [0.25, 0.3) is 0 Å². The van der Waals surface area contributed by atoms with Crippen molar-refractivity contribution in [3.8, 4) is 0 Å². The van der Waals surface area contributed by atoms with Gasteiger partial charge in [-0.3, -0.25) is 0 Å². The average Bonchev–Trinajstić information content (AvgIpc) is 2.95. The molecule has 0 aliphatic carbocycles. The summed E-state index contributed by atoms with van der Waals surface area (Å²) in [5.41, 5.74) is 0. The summed E-state index contributed by atoms with van der Waals surface area (Å²) in [6.07, 6.45) is 2.04. The van der Waals surface area contributed by atoms with Crippen molar-refractivity contribution < 1.29 is 23.7 Å². The lowest BCUT2D eigenvalue weighted by Gasteiger charge is -2.16. The van der Waals surface area contributed by atoms with Crippen molar-refractivity contribution in [2.45, 2.75) is 30.5 Å². The quantitative estimate of drug-likeness (QED) is 0.490. The minimum atomic E-state index is 0.0000661. The lowest BCUT2D eigenvalue weighted by atomic mass is 10.1. The minimum Gasteiger partial charge on any atom is -0.371 e. The van der Waals surface area contributed by atoms with Crippen LogP contribution in [0.15, 0.2) is 12.7 Å². The Kier molecular flexibility index (Phi) is 3.44. The lowest BCUT2D eigenvalue weighted by molar-refractivity contribution is -0.0484. The second-order valence-electron chi connectivity index (χ2n) is 4.58. The van der Waals surface area contributed by atoms with Crippen LogP contribution in [-0.4, -0.2) is 63.6 Å². The van der Waals surface area contributed by atoms with Crippen LogP contribution >= 0.6 is 0 Å². The van der Waals surface area contributed by atoms with Gasteiger partial charge in [-0.05, 0) is 0 Å². The van der Waals surface area contributed by atoms with Crippen molar-refractivity contribution in [1.29, 1.82) is 0 Å². The normalized spacial score (nSPS) is 43.6. The van der Waals surface area contributed by atoms with Gasteiger partial charge in [0.05, 0.1) is 33.0 Å². The predicted molar refractivity (Wildman–Crippen MR) is 58.9 cm³/mol. The molecule has 3 fully saturated rings. The fourth-order valence-electron chi connectivity index (χ4n) is 2.30. The van der Waals surface area contributed by atoms with E-state index in [2.05, 4.69) is 6.58 Å². The molecule has 5 atom stereocenters. The van der Waals surface area contributed by atoms with Gasteiger partial charge in [-0.2, -0.15) is 0 Å². The van der Waals surface area contributed by atoms with E-state index in [1.54, 1.807) is 6.08 Å². The Balaban J connectivity index is 1.49. The van der Waals surface area contributed by atoms with Crippen LogP contribution in [-0.2, 0) is 23.7 Å². The second kappa shape index (κ2) is 5.04. The fraction of sp³-hybridized carbons (Fsp3) is 0.833. The van der Waals surface area contributed by atoms with Gasteiger partial charge in [0.2, 0.25) is 0 Å². The molecular weight excluding hydrogens is 224 g/mol. The number of fused-ring (bicyclic) bond motifs is 1. The Morgan fingerprint density at radius 3 is 2.24 bits per heavy atom. The number of hydrogen-bond donors (Lipinski definition) is 0. The maximum Gasteiger partial charge on any atom is 0.115 e. The topological polar surface area (TPSA) is 49.5 Å². The first-order valence-electron chi connectivity index (χ1n) is 6.07. The molecule has 5 heteroatoms. The van der Waals surface area contributed by atoms with E-state index in [1.165, 1.54) is 0 Å². The van der Waals surface area contributed by atoms with E-state index in [4.69, 9.17) is 23.7 Å². The molecule has 0 saturated carbocycles. The van der Waals surface area contributed by atoms with E-state index in [0.717, 1.165) is 6.61 Å². The third kappa shape index (κ3) is 2.53. The van der Waals surface area contributed by atoms with Crippen molar-refractivity contribution in [3.05, 3.63) is 12.7 Å². The zero-order valence-electron chi connectivity index (χ0n) is 9.75. The highest BCUT2D eigenvalue weighted by Gasteiger charge is 2.49. The number of rotatable bonds is 6. The summed E-state index contributed by atoms with van der Waals surface area (Å²) in [4.78, 5) is 0. The van der Waals surface area contributed by atoms with Gasteiger partial charge in [0, 0.05) is 0 Å². The number of ether oxygens (including phenoxy) is 5. The summed E-state index contributed by atoms with van der Waals surface area (Å²) in [6, 6.07) is 0. The fourth-order valence-corrected chi connectivity index (χ4v) is 2.30. The van der Waals surface area contributed by atoms with E-state index in [1.807, 2.05) is 0 Å². The molecule has 0 amide bonds. The van der Waals surface area contributed by atoms with Crippen molar-refractivity contribution in [2.24, 2.45) is 0 Å². The molecule has 17 heavy (non-hydrogen) atoms. The van der Waals surface area contributed by atoms with Crippen LogP contribution in [0, 0.1) is 0 Å². The number of hydrogen-bond acceptors (Lipinski definition) is 5. The van der Waals surface area contributed by atoms with Crippen molar-refractivity contribution in [3.63, 3.8) is 0 Å². The van der Waals surface area contributed by atoms with Crippen LogP contribution in [0.1, 0.15) is 0 Å². The van der Waals surface area contributed by atoms with Gasteiger partial charge < -0.3 is 23.7 Å². The minimum absolute atomic E-state index is 0.0000661. The highest BCUT2D eigenvalue weighted by molar-refractivity contribution is 4.96. The van der Waals surface area contributed by atoms with Gasteiger partial charge in [-0.25, -0.2) is 0 Å². The van der Waals surface area contributed by atoms with Gasteiger partial charge in [0.15, 0.2) is 0 Å². The van der Waals surface area contributed by atoms with Crippen molar-refractivity contribution in [2.75, 3.05) is 33.0 Å². The van der Waals surface area contributed by atoms with Gasteiger partial charge in [0.25, 0.3) is 0 Å². The van der Waals surface area contributed by atoms with Gasteiger partial charge in [-0.15, -0.1) is 6.58 Å². The third-order valence-electron chi connectivity index (χ3n) is 3.29. The van der Waals surface area contributed by atoms with Crippen LogP contribution in [0.4, 0.5) is 0 Å². The van der Waals surface area contributed by atoms with Gasteiger partial charge >= 0.3 is 0 Å². The summed E-state index contributed by atoms with van der Waals surface area (Å²) in [6.45, 7) is 6.77. The molecule has 0 aromatic heterocycles. The molecule has 0 aromatic carbocycles. The van der Waals surface area contributed by atoms with E-state index >= 15 is 0 Å². The monoisotopic (exact) mass is 242 g/mol. The zero-order chi connectivity index (χ0) is 11.7. The molecule has 3 heterocycles. The maximum absolute atomic E-state index is 5.74. The SMILES string of the molecule is C=CCOC1COC2C(OCC3CO3)COC12. The maximum atomic E-state index is 5.74. The average molecular weight is 242 g/mol. The van der Waals surface area contributed by atoms with E-state index < -0.39 is 0 Å². The Hall–Kier alpha value is -0.460. The van der Waals surface area contributed by atoms with E-state index in [0.29, 0.717) is 26.4 Å².